The van der Waals surface area contributed by atoms with E-state index < -0.39 is 0 Å². The summed E-state index contributed by atoms with van der Waals surface area (Å²) in [5.74, 6) is 0.779. The third-order valence-corrected chi connectivity index (χ3v) is 2.93. The molecule has 4 heteroatoms. The Morgan fingerprint density at radius 1 is 1.35 bits per heavy atom. The van der Waals surface area contributed by atoms with Gasteiger partial charge in [-0.2, -0.15) is 0 Å². The molecule has 1 aliphatic rings. The predicted molar refractivity (Wildman–Crippen MR) is 61.6 cm³/mol. The van der Waals surface area contributed by atoms with Crippen molar-refractivity contribution in [3.05, 3.63) is 53.1 Å². The van der Waals surface area contributed by atoms with E-state index in [-0.39, 0.29) is 5.78 Å². The highest BCUT2D eigenvalue weighted by Crippen LogP contribution is 2.21. The minimum atomic E-state index is 0.0784. The Balaban J connectivity index is 1.82. The number of imidazole rings is 1. The van der Waals surface area contributed by atoms with Crippen molar-refractivity contribution in [2.24, 2.45) is 0 Å². The highest BCUT2D eigenvalue weighted by atomic mass is 16.5. The van der Waals surface area contributed by atoms with Crippen LogP contribution in [0.4, 0.5) is 0 Å². The van der Waals surface area contributed by atoms with E-state index in [0.29, 0.717) is 25.5 Å². The fourth-order valence-electron chi connectivity index (χ4n) is 1.99. The molecule has 0 saturated heterocycles. The summed E-state index contributed by atoms with van der Waals surface area (Å²) in [5, 5.41) is 0. The van der Waals surface area contributed by atoms with Crippen LogP contribution >= 0.6 is 0 Å². The molecule has 17 heavy (non-hydrogen) atoms. The molecule has 0 bridgehead atoms. The minimum absolute atomic E-state index is 0.0784. The number of carbonyl (C=O) groups is 1. The second kappa shape index (κ2) is 4.14. The summed E-state index contributed by atoms with van der Waals surface area (Å²) in [4.78, 5) is 19.0. The number of rotatable bonds is 3. The number of H-pyrrole nitrogens is 1. The van der Waals surface area contributed by atoms with Crippen LogP contribution < -0.4 is 0 Å². The van der Waals surface area contributed by atoms with E-state index in [2.05, 4.69) is 9.97 Å². The van der Waals surface area contributed by atoms with E-state index in [1.165, 1.54) is 5.56 Å². The topological polar surface area (TPSA) is 55.0 Å². The van der Waals surface area contributed by atoms with Gasteiger partial charge < -0.3 is 9.72 Å². The maximum atomic E-state index is 12.0. The highest BCUT2D eigenvalue weighted by Gasteiger charge is 2.15. The summed E-state index contributed by atoms with van der Waals surface area (Å²) in [5.41, 5.74) is 3.03. The first-order valence-corrected chi connectivity index (χ1v) is 5.54. The Hall–Kier alpha value is -1.94. The van der Waals surface area contributed by atoms with Crippen LogP contribution in [0.25, 0.3) is 0 Å². The second-order valence-corrected chi connectivity index (χ2v) is 4.11. The molecule has 0 unspecified atom stereocenters. The van der Waals surface area contributed by atoms with Gasteiger partial charge in [0.1, 0.15) is 5.82 Å². The summed E-state index contributed by atoms with van der Waals surface area (Å²) in [6, 6.07) is 5.75. The number of Topliss-reactive ketones (excluding diaryl/α,β-unsaturated/α-hetero) is 1. The van der Waals surface area contributed by atoms with Gasteiger partial charge in [-0.15, -0.1) is 0 Å². The first-order valence-electron chi connectivity index (χ1n) is 5.54. The van der Waals surface area contributed by atoms with Crippen LogP contribution in [-0.2, 0) is 24.4 Å². The quantitative estimate of drug-likeness (QED) is 0.816. The SMILES string of the molecule is O=C(Cc1ncc[nH]1)c1ccc2c(c1)COC2. The second-order valence-electron chi connectivity index (χ2n) is 4.11. The lowest BCUT2D eigenvalue weighted by Gasteiger charge is -2.02. The fraction of sp³-hybridized carbons (Fsp3) is 0.231. The van der Waals surface area contributed by atoms with E-state index in [0.717, 1.165) is 11.1 Å². The summed E-state index contributed by atoms with van der Waals surface area (Å²) in [6.07, 6.45) is 3.69. The molecule has 0 amide bonds. The smallest absolute Gasteiger partial charge is 0.170 e. The molecule has 4 nitrogen and oxygen atoms in total. The van der Waals surface area contributed by atoms with Gasteiger partial charge in [-0.3, -0.25) is 4.79 Å². The van der Waals surface area contributed by atoms with Crippen molar-refractivity contribution < 1.29 is 9.53 Å². The fourth-order valence-corrected chi connectivity index (χ4v) is 1.99. The van der Waals surface area contributed by atoms with Crippen LogP contribution in [0.2, 0.25) is 0 Å². The molecule has 1 aromatic carbocycles. The number of ether oxygens (including phenoxy) is 1. The number of hydrogen-bond donors (Lipinski definition) is 1. The summed E-state index contributed by atoms with van der Waals surface area (Å²) in [7, 11) is 0. The Labute approximate surface area is 98.6 Å². The molecule has 1 aliphatic heterocycles. The van der Waals surface area contributed by atoms with Gasteiger partial charge in [0.25, 0.3) is 0 Å². The third-order valence-electron chi connectivity index (χ3n) is 2.93. The lowest BCUT2D eigenvalue weighted by Crippen LogP contribution is -2.05. The molecule has 2 aromatic rings. The lowest BCUT2D eigenvalue weighted by molar-refractivity contribution is 0.0991. The number of nitrogens with one attached hydrogen (secondary N) is 1. The Bertz CT molecular complexity index is 547. The van der Waals surface area contributed by atoms with Gasteiger partial charge in [0.2, 0.25) is 0 Å². The third kappa shape index (κ3) is 1.99. The Kier molecular flexibility index (Phi) is 2.49. The van der Waals surface area contributed by atoms with Crippen LogP contribution in [-0.4, -0.2) is 15.8 Å². The number of benzene rings is 1. The largest absolute Gasteiger partial charge is 0.372 e. The zero-order valence-electron chi connectivity index (χ0n) is 9.27. The molecule has 0 radical (unpaired) electrons. The molecular formula is C13H12N2O2. The number of fused-ring (bicyclic) bond motifs is 1. The number of carbonyl (C=O) groups excluding carboxylic acids is 1. The van der Waals surface area contributed by atoms with Gasteiger partial charge in [-0.1, -0.05) is 12.1 Å². The molecule has 0 spiro atoms. The number of aromatic amines is 1. The van der Waals surface area contributed by atoms with E-state index >= 15 is 0 Å². The van der Waals surface area contributed by atoms with Gasteiger partial charge in [0.15, 0.2) is 5.78 Å². The van der Waals surface area contributed by atoms with Crippen LogP contribution in [0.1, 0.15) is 27.3 Å². The molecule has 1 aromatic heterocycles. The van der Waals surface area contributed by atoms with Gasteiger partial charge in [0, 0.05) is 18.0 Å². The molecule has 0 fully saturated rings. The van der Waals surface area contributed by atoms with Crippen molar-refractivity contribution in [2.75, 3.05) is 0 Å². The average Bonchev–Trinajstić information content (AvgIpc) is 2.97. The summed E-state index contributed by atoms with van der Waals surface area (Å²) in [6.45, 7) is 1.26. The highest BCUT2D eigenvalue weighted by molar-refractivity contribution is 5.97. The van der Waals surface area contributed by atoms with E-state index in [1.54, 1.807) is 12.4 Å². The maximum Gasteiger partial charge on any atom is 0.170 e. The van der Waals surface area contributed by atoms with E-state index in [4.69, 9.17) is 4.74 Å². The van der Waals surface area contributed by atoms with Crippen LogP contribution in [0, 0.1) is 0 Å². The normalized spacial score (nSPS) is 13.6. The zero-order valence-corrected chi connectivity index (χ0v) is 9.27. The van der Waals surface area contributed by atoms with Crippen molar-refractivity contribution in [3.63, 3.8) is 0 Å². The molecule has 1 N–H and O–H groups in total. The van der Waals surface area contributed by atoms with Gasteiger partial charge >= 0.3 is 0 Å². The monoisotopic (exact) mass is 228 g/mol. The molecule has 86 valence electrons. The molecular weight excluding hydrogens is 216 g/mol. The van der Waals surface area contributed by atoms with E-state index in [1.807, 2.05) is 18.2 Å². The zero-order chi connectivity index (χ0) is 11.7. The lowest BCUT2D eigenvalue weighted by atomic mass is 10.0. The molecule has 0 aliphatic carbocycles. The van der Waals surface area contributed by atoms with Crippen LogP contribution in [0.15, 0.2) is 30.6 Å². The summed E-state index contributed by atoms with van der Waals surface area (Å²) >= 11 is 0. The molecule has 0 saturated carbocycles. The first kappa shape index (κ1) is 10.2. The van der Waals surface area contributed by atoms with Gasteiger partial charge in [-0.25, -0.2) is 4.98 Å². The van der Waals surface area contributed by atoms with Crippen molar-refractivity contribution in [1.29, 1.82) is 0 Å². The van der Waals surface area contributed by atoms with Crippen LogP contribution in [0.5, 0.6) is 0 Å². The standard InChI is InChI=1S/C13H12N2O2/c16-12(6-13-14-3-4-15-13)9-1-2-10-7-17-8-11(10)5-9/h1-5H,6-8H2,(H,14,15). The van der Waals surface area contributed by atoms with Crippen molar-refractivity contribution in [1.82, 2.24) is 9.97 Å². The Morgan fingerprint density at radius 3 is 3.06 bits per heavy atom. The molecule has 0 atom stereocenters. The van der Waals surface area contributed by atoms with Gasteiger partial charge in [-0.05, 0) is 17.2 Å². The van der Waals surface area contributed by atoms with E-state index in [9.17, 15) is 4.79 Å². The number of ketones is 1. The number of aromatic nitrogens is 2. The van der Waals surface area contributed by atoms with Gasteiger partial charge in [0.05, 0.1) is 19.6 Å². The first-order chi connectivity index (χ1) is 8.33. The maximum absolute atomic E-state index is 12.0. The Morgan fingerprint density at radius 2 is 2.24 bits per heavy atom. The number of nitrogens with zero attached hydrogens (tertiary/aromatic N) is 1. The minimum Gasteiger partial charge on any atom is -0.372 e. The summed E-state index contributed by atoms with van der Waals surface area (Å²) < 4.78 is 5.33. The average molecular weight is 228 g/mol. The van der Waals surface area contributed by atoms with Crippen molar-refractivity contribution >= 4 is 5.78 Å². The molecule has 2 heterocycles. The van der Waals surface area contributed by atoms with Crippen LogP contribution in [0.3, 0.4) is 0 Å². The van der Waals surface area contributed by atoms with Crippen molar-refractivity contribution in [2.45, 2.75) is 19.6 Å². The predicted octanol–water partition coefficient (Wildman–Crippen LogP) is 1.87. The molecule has 3 rings (SSSR count). The number of hydrogen-bond acceptors (Lipinski definition) is 3. The van der Waals surface area contributed by atoms with Crippen molar-refractivity contribution in [3.8, 4) is 0 Å².